The Bertz CT molecular complexity index is 1380. The van der Waals surface area contributed by atoms with Gasteiger partial charge in [-0.1, -0.05) is 29.8 Å². The van der Waals surface area contributed by atoms with Gasteiger partial charge in [0.15, 0.2) is 17.0 Å². The molecule has 3 heterocycles. The third-order valence-corrected chi connectivity index (χ3v) is 4.83. The number of nitrogens with zero attached hydrogens (tertiary/aromatic N) is 7. The second kappa shape index (κ2) is 7.20. The van der Waals surface area contributed by atoms with E-state index in [4.69, 9.17) is 16.3 Å². The number of carbonyl (C=O) groups excluding carboxylic acids is 1. The van der Waals surface area contributed by atoms with Crippen LogP contribution in [-0.2, 0) is 16.0 Å². The molecule has 3 aromatic heterocycles. The number of halogens is 1. The Hall–Kier alpha value is -3.85. The van der Waals surface area contributed by atoms with Crippen LogP contribution in [0.15, 0.2) is 54.6 Å². The summed E-state index contributed by atoms with van der Waals surface area (Å²) in [5, 5.41) is 18.3. The van der Waals surface area contributed by atoms with Crippen molar-refractivity contribution >= 4 is 34.5 Å². The SMILES string of the molecule is COC(=O)Cc1nn(-c2ccccc2)c2c1nnc1nc(-c3ccc(Cl)cc3)nn12. The Balaban J connectivity index is 1.77. The number of rotatable bonds is 4. The van der Waals surface area contributed by atoms with Gasteiger partial charge in [0.2, 0.25) is 0 Å². The topological polar surface area (TPSA) is 100 Å². The number of benzene rings is 2. The standard InChI is InChI=1S/C20H14ClN7O2/c1-30-16(29)11-15-17-19(27(25-15)14-5-3-2-4-6-14)28-20(24-23-17)22-18(26-28)12-7-9-13(21)10-8-12/h2-10H,11H2,1H3. The first kappa shape index (κ1) is 18.2. The summed E-state index contributed by atoms with van der Waals surface area (Å²) in [6.45, 7) is 0. The molecule has 0 fully saturated rings. The maximum atomic E-state index is 11.9. The molecule has 0 amide bonds. The van der Waals surface area contributed by atoms with E-state index in [2.05, 4.69) is 25.4 Å². The van der Waals surface area contributed by atoms with Crippen molar-refractivity contribution < 1.29 is 9.53 Å². The highest BCUT2D eigenvalue weighted by molar-refractivity contribution is 6.30. The molecule has 0 bridgehead atoms. The molecule has 0 radical (unpaired) electrons. The minimum Gasteiger partial charge on any atom is -0.469 e. The van der Waals surface area contributed by atoms with Crippen molar-refractivity contribution in [2.24, 2.45) is 0 Å². The highest BCUT2D eigenvalue weighted by atomic mass is 35.5. The van der Waals surface area contributed by atoms with Gasteiger partial charge < -0.3 is 4.74 Å². The van der Waals surface area contributed by atoms with Crippen LogP contribution in [0, 0.1) is 0 Å². The Morgan fingerprint density at radius 3 is 2.53 bits per heavy atom. The quantitative estimate of drug-likeness (QED) is 0.413. The fraction of sp³-hybridized carbons (Fsp3) is 0.100. The zero-order chi connectivity index (χ0) is 20.7. The molecule has 0 aliphatic rings. The summed E-state index contributed by atoms with van der Waals surface area (Å²) >= 11 is 5.98. The van der Waals surface area contributed by atoms with Crippen molar-refractivity contribution in [1.82, 2.24) is 34.6 Å². The van der Waals surface area contributed by atoms with E-state index in [9.17, 15) is 4.79 Å². The summed E-state index contributed by atoms with van der Waals surface area (Å²) in [5.74, 6) is 0.370. The van der Waals surface area contributed by atoms with E-state index in [1.807, 2.05) is 42.5 Å². The van der Waals surface area contributed by atoms with Gasteiger partial charge in [0, 0.05) is 10.6 Å². The van der Waals surface area contributed by atoms with Crippen LogP contribution in [0.5, 0.6) is 0 Å². The number of carbonyl (C=O) groups is 1. The summed E-state index contributed by atoms with van der Waals surface area (Å²) in [6.07, 6.45) is -0.0360. The number of esters is 1. The van der Waals surface area contributed by atoms with Crippen LogP contribution in [0.4, 0.5) is 0 Å². The molecule has 30 heavy (non-hydrogen) atoms. The highest BCUT2D eigenvalue weighted by Crippen LogP contribution is 2.24. The van der Waals surface area contributed by atoms with Crippen LogP contribution >= 0.6 is 11.6 Å². The molecular weight excluding hydrogens is 406 g/mol. The number of hydrogen-bond donors (Lipinski definition) is 0. The Morgan fingerprint density at radius 2 is 1.80 bits per heavy atom. The Labute approximate surface area is 174 Å². The summed E-state index contributed by atoms with van der Waals surface area (Å²) in [7, 11) is 1.33. The third kappa shape index (κ3) is 3.05. The number of hydrogen-bond acceptors (Lipinski definition) is 7. The smallest absolute Gasteiger partial charge is 0.311 e. The van der Waals surface area contributed by atoms with E-state index in [-0.39, 0.29) is 6.42 Å². The van der Waals surface area contributed by atoms with Crippen LogP contribution < -0.4 is 0 Å². The lowest BCUT2D eigenvalue weighted by Crippen LogP contribution is -2.06. The first-order valence-corrected chi connectivity index (χ1v) is 9.41. The van der Waals surface area contributed by atoms with Crippen LogP contribution in [0.2, 0.25) is 5.02 Å². The van der Waals surface area contributed by atoms with Gasteiger partial charge in [-0.05, 0) is 36.4 Å². The minimum absolute atomic E-state index is 0.0360. The normalized spacial score (nSPS) is 11.3. The second-order valence-corrected chi connectivity index (χ2v) is 6.91. The Kier molecular flexibility index (Phi) is 4.36. The first-order chi connectivity index (χ1) is 14.6. The summed E-state index contributed by atoms with van der Waals surface area (Å²) in [6, 6.07) is 16.7. The zero-order valence-corrected chi connectivity index (χ0v) is 16.5. The predicted molar refractivity (Wildman–Crippen MR) is 109 cm³/mol. The monoisotopic (exact) mass is 419 g/mol. The number of ether oxygens (including phenoxy) is 1. The van der Waals surface area contributed by atoms with Crippen molar-refractivity contribution in [3.63, 3.8) is 0 Å². The molecule has 0 unspecified atom stereocenters. The number of methoxy groups -OCH3 is 1. The predicted octanol–water partition coefficient (Wildman–Crippen LogP) is 2.89. The van der Waals surface area contributed by atoms with E-state index in [0.29, 0.717) is 33.5 Å². The zero-order valence-electron chi connectivity index (χ0n) is 15.7. The van der Waals surface area contributed by atoms with Gasteiger partial charge >= 0.3 is 5.97 Å². The molecule has 0 aliphatic heterocycles. The summed E-state index contributed by atoms with van der Waals surface area (Å²) in [5.41, 5.74) is 3.02. The number of para-hydroxylation sites is 1. The second-order valence-electron chi connectivity index (χ2n) is 6.47. The molecule has 0 aliphatic carbocycles. The Morgan fingerprint density at radius 1 is 1.03 bits per heavy atom. The molecule has 0 spiro atoms. The van der Waals surface area contributed by atoms with Gasteiger partial charge in [-0.15, -0.1) is 15.3 Å². The van der Waals surface area contributed by atoms with Crippen molar-refractivity contribution in [1.29, 1.82) is 0 Å². The number of aromatic nitrogens is 7. The average molecular weight is 420 g/mol. The van der Waals surface area contributed by atoms with E-state index in [1.54, 1.807) is 21.3 Å². The maximum absolute atomic E-state index is 11.9. The maximum Gasteiger partial charge on any atom is 0.311 e. The van der Waals surface area contributed by atoms with E-state index in [0.717, 1.165) is 11.3 Å². The molecule has 9 nitrogen and oxygen atoms in total. The lowest BCUT2D eigenvalue weighted by molar-refractivity contribution is -0.139. The molecule has 0 saturated carbocycles. The lowest BCUT2D eigenvalue weighted by Gasteiger charge is -2.03. The molecule has 10 heteroatoms. The van der Waals surface area contributed by atoms with Crippen molar-refractivity contribution in [2.45, 2.75) is 6.42 Å². The van der Waals surface area contributed by atoms with E-state index >= 15 is 0 Å². The fourth-order valence-electron chi connectivity index (χ4n) is 3.14. The molecule has 0 saturated heterocycles. The van der Waals surface area contributed by atoms with Crippen LogP contribution in [0.3, 0.4) is 0 Å². The third-order valence-electron chi connectivity index (χ3n) is 4.58. The van der Waals surface area contributed by atoms with Crippen molar-refractivity contribution in [2.75, 3.05) is 7.11 Å². The molecule has 0 N–H and O–H groups in total. The van der Waals surface area contributed by atoms with Gasteiger partial charge in [0.05, 0.1) is 19.2 Å². The molecule has 148 valence electrons. The average Bonchev–Trinajstić information content (AvgIpc) is 3.36. The van der Waals surface area contributed by atoms with Crippen molar-refractivity contribution in [3.05, 3.63) is 65.3 Å². The minimum atomic E-state index is -0.419. The van der Waals surface area contributed by atoms with Gasteiger partial charge in [-0.3, -0.25) is 4.79 Å². The van der Waals surface area contributed by atoms with Crippen LogP contribution in [0.25, 0.3) is 34.0 Å². The molecule has 5 rings (SSSR count). The molecular formula is C20H14ClN7O2. The molecule has 5 aromatic rings. The number of fused-ring (bicyclic) bond motifs is 3. The van der Waals surface area contributed by atoms with E-state index in [1.165, 1.54) is 7.11 Å². The van der Waals surface area contributed by atoms with Crippen LogP contribution in [-0.4, -0.2) is 47.7 Å². The van der Waals surface area contributed by atoms with E-state index < -0.39 is 5.97 Å². The largest absolute Gasteiger partial charge is 0.469 e. The molecule has 2 aromatic carbocycles. The fourth-order valence-corrected chi connectivity index (χ4v) is 3.27. The van der Waals surface area contributed by atoms with Gasteiger partial charge in [-0.2, -0.15) is 14.6 Å². The summed E-state index contributed by atoms with van der Waals surface area (Å²) in [4.78, 5) is 16.4. The highest BCUT2D eigenvalue weighted by Gasteiger charge is 2.22. The van der Waals surface area contributed by atoms with Crippen molar-refractivity contribution in [3.8, 4) is 17.1 Å². The van der Waals surface area contributed by atoms with Gasteiger partial charge in [0.25, 0.3) is 5.78 Å². The lowest BCUT2D eigenvalue weighted by atomic mass is 10.2. The van der Waals surface area contributed by atoms with Gasteiger partial charge in [-0.25, -0.2) is 4.68 Å². The summed E-state index contributed by atoms with van der Waals surface area (Å²) < 4.78 is 8.05. The van der Waals surface area contributed by atoms with Gasteiger partial charge in [0.1, 0.15) is 5.69 Å². The molecule has 0 atom stereocenters. The first-order valence-electron chi connectivity index (χ1n) is 9.03. The van der Waals surface area contributed by atoms with Crippen LogP contribution in [0.1, 0.15) is 5.69 Å².